The fraction of sp³-hybridized carbons (Fsp3) is 0.579. The molecule has 0 bridgehead atoms. The van der Waals surface area contributed by atoms with E-state index in [4.69, 9.17) is 0 Å². The molecule has 1 fully saturated rings. The molecule has 0 unspecified atom stereocenters. The smallest absolute Gasteiger partial charge is 0.238 e. The van der Waals surface area contributed by atoms with E-state index in [1.165, 1.54) is 24.9 Å². The van der Waals surface area contributed by atoms with Crippen LogP contribution in [0.5, 0.6) is 0 Å². The normalized spacial score (nSPS) is 14.4. The van der Waals surface area contributed by atoms with Crippen molar-refractivity contribution < 1.29 is 9.59 Å². The molecule has 2 amide bonds. The van der Waals surface area contributed by atoms with Gasteiger partial charge in [-0.2, -0.15) is 0 Å². The van der Waals surface area contributed by atoms with Crippen LogP contribution in [0.2, 0.25) is 0 Å². The maximum atomic E-state index is 12.2. The van der Waals surface area contributed by atoms with Crippen LogP contribution in [-0.2, 0) is 9.59 Å². The Hall–Kier alpha value is -2.08. The van der Waals surface area contributed by atoms with Crippen molar-refractivity contribution in [3.63, 3.8) is 0 Å². The predicted octanol–water partition coefficient (Wildman–Crippen LogP) is 2.07. The Morgan fingerprint density at radius 2 is 1.64 bits per heavy atom. The van der Waals surface area contributed by atoms with E-state index in [2.05, 4.69) is 27.7 Å². The van der Waals surface area contributed by atoms with Crippen LogP contribution in [-0.4, -0.2) is 56.0 Å². The summed E-state index contributed by atoms with van der Waals surface area (Å²) in [6.07, 6.45) is 3.81. The lowest BCUT2D eigenvalue weighted by molar-refractivity contribution is -0.123. The Balaban J connectivity index is 1.83. The molecule has 0 aliphatic carbocycles. The van der Waals surface area contributed by atoms with Gasteiger partial charge in [0.15, 0.2) is 0 Å². The minimum absolute atomic E-state index is 0.0527. The SMILES string of the molecule is CCNC(=O)CN(CC)CC(=O)Nc1ccc(N2CCCCC2)cc1. The van der Waals surface area contributed by atoms with Crippen molar-refractivity contribution in [1.82, 2.24) is 10.2 Å². The number of carbonyl (C=O) groups is 2. The maximum Gasteiger partial charge on any atom is 0.238 e. The number of nitrogens with zero attached hydrogens (tertiary/aromatic N) is 2. The van der Waals surface area contributed by atoms with Gasteiger partial charge in [0.25, 0.3) is 0 Å². The summed E-state index contributed by atoms with van der Waals surface area (Å²) >= 11 is 0. The van der Waals surface area contributed by atoms with Gasteiger partial charge in [-0.05, 0) is 57.0 Å². The summed E-state index contributed by atoms with van der Waals surface area (Å²) in [5.41, 5.74) is 2.00. The highest BCUT2D eigenvalue weighted by Crippen LogP contribution is 2.21. The Kier molecular flexibility index (Phi) is 7.73. The van der Waals surface area contributed by atoms with E-state index in [-0.39, 0.29) is 24.9 Å². The van der Waals surface area contributed by atoms with Gasteiger partial charge in [-0.1, -0.05) is 6.92 Å². The first kappa shape index (κ1) is 19.2. The van der Waals surface area contributed by atoms with E-state index >= 15 is 0 Å². The van der Waals surface area contributed by atoms with Crippen LogP contribution in [0.15, 0.2) is 24.3 Å². The van der Waals surface area contributed by atoms with Crippen LogP contribution >= 0.6 is 0 Å². The summed E-state index contributed by atoms with van der Waals surface area (Å²) in [5, 5.41) is 5.66. The van der Waals surface area contributed by atoms with Gasteiger partial charge in [0.05, 0.1) is 13.1 Å². The molecule has 6 heteroatoms. The quantitative estimate of drug-likeness (QED) is 0.756. The second-order valence-corrected chi connectivity index (χ2v) is 6.40. The van der Waals surface area contributed by atoms with Crippen molar-refractivity contribution in [3.05, 3.63) is 24.3 Å². The van der Waals surface area contributed by atoms with Crippen molar-refractivity contribution >= 4 is 23.2 Å². The Morgan fingerprint density at radius 1 is 1.00 bits per heavy atom. The number of anilines is 2. The lowest BCUT2D eigenvalue weighted by Crippen LogP contribution is -2.41. The summed E-state index contributed by atoms with van der Waals surface area (Å²) in [6.45, 7) is 7.75. The van der Waals surface area contributed by atoms with Crippen LogP contribution in [0, 0.1) is 0 Å². The number of carbonyl (C=O) groups excluding carboxylic acids is 2. The molecule has 0 aromatic heterocycles. The van der Waals surface area contributed by atoms with Gasteiger partial charge in [0.2, 0.25) is 11.8 Å². The van der Waals surface area contributed by atoms with Crippen LogP contribution in [0.1, 0.15) is 33.1 Å². The lowest BCUT2D eigenvalue weighted by Gasteiger charge is -2.28. The van der Waals surface area contributed by atoms with Crippen LogP contribution in [0.25, 0.3) is 0 Å². The first-order valence-electron chi connectivity index (χ1n) is 9.26. The average Bonchev–Trinajstić information content (AvgIpc) is 2.62. The first-order valence-corrected chi connectivity index (χ1v) is 9.26. The molecule has 138 valence electrons. The molecule has 1 aromatic carbocycles. The molecular formula is C19H30N4O2. The van der Waals surface area contributed by atoms with Gasteiger partial charge in [-0.15, -0.1) is 0 Å². The second kappa shape index (κ2) is 10.0. The molecule has 6 nitrogen and oxygen atoms in total. The zero-order valence-corrected chi connectivity index (χ0v) is 15.4. The number of piperidine rings is 1. The lowest BCUT2D eigenvalue weighted by atomic mass is 10.1. The van der Waals surface area contributed by atoms with Crippen LogP contribution in [0.3, 0.4) is 0 Å². The second-order valence-electron chi connectivity index (χ2n) is 6.40. The molecule has 0 atom stereocenters. The molecular weight excluding hydrogens is 316 g/mol. The van der Waals surface area contributed by atoms with Gasteiger partial charge >= 0.3 is 0 Å². The fourth-order valence-electron chi connectivity index (χ4n) is 3.05. The summed E-state index contributed by atoms with van der Waals surface area (Å²) in [5.74, 6) is -0.153. The van der Waals surface area contributed by atoms with E-state index in [9.17, 15) is 9.59 Å². The summed E-state index contributed by atoms with van der Waals surface area (Å²) < 4.78 is 0. The molecule has 0 spiro atoms. The highest BCUT2D eigenvalue weighted by molar-refractivity contribution is 5.92. The van der Waals surface area contributed by atoms with Gasteiger partial charge in [0, 0.05) is 31.0 Å². The Labute approximate surface area is 150 Å². The predicted molar refractivity (Wildman–Crippen MR) is 102 cm³/mol. The van der Waals surface area contributed by atoms with Crippen molar-refractivity contribution in [1.29, 1.82) is 0 Å². The highest BCUT2D eigenvalue weighted by Gasteiger charge is 2.14. The standard InChI is InChI=1S/C19H30N4O2/c1-3-20-18(24)14-22(4-2)15-19(25)21-16-8-10-17(11-9-16)23-12-6-5-7-13-23/h8-11H,3-7,12-15H2,1-2H3,(H,20,24)(H,21,25). The number of rotatable bonds is 8. The Bertz CT molecular complexity index is 553. The van der Waals surface area contributed by atoms with E-state index in [1.807, 2.05) is 30.9 Å². The molecule has 1 heterocycles. The molecule has 1 aliphatic rings. The summed E-state index contributed by atoms with van der Waals surface area (Å²) in [7, 11) is 0. The number of hydrogen-bond acceptors (Lipinski definition) is 4. The summed E-state index contributed by atoms with van der Waals surface area (Å²) in [6, 6.07) is 8.02. The van der Waals surface area contributed by atoms with Crippen molar-refractivity contribution in [2.24, 2.45) is 0 Å². The van der Waals surface area contributed by atoms with E-state index in [0.29, 0.717) is 13.1 Å². The topological polar surface area (TPSA) is 64.7 Å². The molecule has 0 saturated carbocycles. The highest BCUT2D eigenvalue weighted by atomic mass is 16.2. The number of benzene rings is 1. The van der Waals surface area contributed by atoms with E-state index in [0.717, 1.165) is 18.8 Å². The van der Waals surface area contributed by atoms with Gasteiger partial charge in [-0.3, -0.25) is 14.5 Å². The largest absolute Gasteiger partial charge is 0.372 e. The van der Waals surface area contributed by atoms with Crippen LogP contribution in [0.4, 0.5) is 11.4 Å². The van der Waals surface area contributed by atoms with Crippen molar-refractivity contribution in [3.8, 4) is 0 Å². The Morgan fingerprint density at radius 3 is 2.24 bits per heavy atom. The monoisotopic (exact) mass is 346 g/mol. The fourth-order valence-corrected chi connectivity index (χ4v) is 3.05. The van der Waals surface area contributed by atoms with E-state index < -0.39 is 0 Å². The number of nitrogens with one attached hydrogen (secondary N) is 2. The van der Waals surface area contributed by atoms with Gasteiger partial charge < -0.3 is 15.5 Å². The molecule has 1 aromatic rings. The van der Waals surface area contributed by atoms with Gasteiger partial charge in [0.1, 0.15) is 0 Å². The number of amides is 2. The minimum atomic E-state index is -0.100. The minimum Gasteiger partial charge on any atom is -0.372 e. The molecule has 1 saturated heterocycles. The van der Waals surface area contributed by atoms with Gasteiger partial charge in [-0.25, -0.2) is 0 Å². The average molecular weight is 346 g/mol. The summed E-state index contributed by atoms with van der Waals surface area (Å²) in [4.78, 5) is 28.1. The number of hydrogen-bond donors (Lipinski definition) is 2. The van der Waals surface area contributed by atoms with E-state index in [1.54, 1.807) is 0 Å². The maximum absolute atomic E-state index is 12.2. The number of likely N-dealkylation sites (N-methyl/N-ethyl adjacent to an activating group) is 2. The third-order valence-electron chi connectivity index (χ3n) is 4.43. The molecule has 2 N–H and O–H groups in total. The first-order chi connectivity index (χ1) is 12.1. The van der Waals surface area contributed by atoms with Crippen molar-refractivity contribution in [2.75, 3.05) is 49.5 Å². The van der Waals surface area contributed by atoms with Crippen LogP contribution < -0.4 is 15.5 Å². The third kappa shape index (κ3) is 6.38. The molecule has 0 radical (unpaired) electrons. The molecule has 2 rings (SSSR count). The zero-order chi connectivity index (χ0) is 18.1. The van der Waals surface area contributed by atoms with Crippen molar-refractivity contribution in [2.45, 2.75) is 33.1 Å². The molecule has 1 aliphatic heterocycles. The molecule has 25 heavy (non-hydrogen) atoms. The third-order valence-corrected chi connectivity index (χ3v) is 4.43. The zero-order valence-electron chi connectivity index (χ0n) is 15.4.